The first-order chi connectivity index (χ1) is 6.06. The highest BCUT2D eigenvalue weighted by atomic mass is 16.5. The fourth-order valence-electron chi connectivity index (χ4n) is 1.80. The molecule has 72 valence electrons. The molecule has 2 atom stereocenters. The van der Waals surface area contributed by atoms with Gasteiger partial charge in [0.25, 0.3) is 0 Å². The average molecular weight is 182 g/mol. The standard InChI is InChI=1S/C10H14O3/c1-4-8-6-10(8,5-7(2)11)9(12)13-3/h4,8H,1,5-6H2,2-3H3/t8-,10+/m0/s1. The van der Waals surface area contributed by atoms with Crippen LogP contribution in [0.5, 0.6) is 0 Å². The van der Waals surface area contributed by atoms with Gasteiger partial charge in [-0.2, -0.15) is 0 Å². The van der Waals surface area contributed by atoms with Crippen LogP contribution in [0, 0.1) is 11.3 Å². The molecule has 1 aliphatic rings. The molecule has 3 nitrogen and oxygen atoms in total. The summed E-state index contributed by atoms with van der Waals surface area (Å²) in [4.78, 5) is 22.3. The van der Waals surface area contributed by atoms with Gasteiger partial charge < -0.3 is 4.74 Å². The summed E-state index contributed by atoms with van der Waals surface area (Å²) in [7, 11) is 1.35. The predicted molar refractivity (Wildman–Crippen MR) is 48.1 cm³/mol. The zero-order valence-corrected chi connectivity index (χ0v) is 8.00. The highest BCUT2D eigenvalue weighted by molar-refractivity contribution is 5.88. The van der Waals surface area contributed by atoms with E-state index in [1.807, 2.05) is 0 Å². The summed E-state index contributed by atoms with van der Waals surface area (Å²) in [6, 6.07) is 0. The lowest BCUT2D eigenvalue weighted by Crippen LogP contribution is -2.22. The van der Waals surface area contributed by atoms with Gasteiger partial charge in [-0.3, -0.25) is 9.59 Å². The molecule has 0 aromatic carbocycles. The third-order valence-electron chi connectivity index (χ3n) is 2.57. The number of ether oxygens (including phenoxy) is 1. The highest BCUT2D eigenvalue weighted by Crippen LogP contribution is 2.56. The van der Waals surface area contributed by atoms with Gasteiger partial charge in [-0.15, -0.1) is 6.58 Å². The van der Waals surface area contributed by atoms with E-state index in [-0.39, 0.29) is 24.1 Å². The van der Waals surface area contributed by atoms with Crippen LogP contribution >= 0.6 is 0 Å². The molecular weight excluding hydrogens is 168 g/mol. The minimum atomic E-state index is -0.581. The maximum absolute atomic E-state index is 11.4. The van der Waals surface area contributed by atoms with Gasteiger partial charge in [-0.25, -0.2) is 0 Å². The molecule has 1 aliphatic carbocycles. The van der Waals surface area contributed by atoms with Crippen LogP contribution in [-0.4, -0.2) is 18.9 Å². The van der Waals surface area contributed by atoms with Crippen molar-refractivity contribution in [1.29, 1.82) is 0 Å². The highest BCUT2D eigenvalue weighted by Gasteiger charge is 2.59. The summed E-state index contributed by atoms with van der Waals surface area (Å²) in [6.45, 7) is 5.11. The molecule has 13 heavy (non-hydrogen) atoms. The SMILES string of the molecule is C=C[C@H]1C[C@@]1(CC(C)=O)C(=O)OC. The third kappa shape index (κ3) is 1.64. The van der Waals surface area contributed by atoms with Crippen LogP contribution in [-0.2, 0) is 14.3 Å². The Bertz CT molecular complexity index is 257. The number of Topliss-reactive ketones (excluding diaryl/α,β-unsaturated/α-hetero) is 1. The molecule has 0 aromatic heterocycles. The van der Waals surface area contributed by atoms with Crippen molar-refractivity contribution in [1.82, 2.24) is 0 Å². The van der Waals surface area contributed by atoms with Crippen molar-refractivity contribution in [3.63, 3.8) is 0 Å². The molecule has 0 bridgehead atoms. The van der Waals surface area contributed by atoms with Crippen LogP contribution < -0.4 is 0 Å². The maximum Gasteiger partial charge on any atom is 0.312 e. The van der Waals surface area contributed by atoms with E-state index in [4.69, 9.17) is 0 Å². The fraction of sp³-hybridized carbons (Fsp3) is 0.600. The number of ketones is 1. The number of hydrogen-bond acceptors (Lipinski definition) is 3. The lowest BCUT2D eigenvalue weighted by atomic mass is 9.97. The van der Waals surface area contributed by atoms with E-state index in [9.17, 15) is 9.59 Å². The predicted octanol–water partition coefficient (Wildman–Crippen LogP) is 1.33. The molecule has 1 fully saturated rings. The van der Waals surface area contributed by atoms with Crippen molar-refractivity contribution in [2.45, 2.75) is 19.8 Å². The lowest BCUT2D eigenvalue weighted by molar-refractivity contribution is -0.149. The first-order valence-electron chi connectivity index (χ1n) is 4.27. The van der Waals surface area contributed by atoms with Crippen molar-refractivity contribution in [2.75, 3.05) is 7.11 Å². The van der Waals surface area contributed by atoms with E-state index in [0.29, 0.717) is 6.42 Å². The monoisotopic (exact) mass is 182 g/mol. The normalized spacial score (nSPS) is 30.8. The van der Waals surface area contributed by atoms with Crippen LogP contribution in [0.2, 0.25) is 0 Å². The second-order valence-electron chi connectivity index (χ2n) is 3.57. The smallest absolute Gasteiger partial charge is 0.312 e. The molecule has 0 heterocycles. The van der Waals surface area contributed by atoms with Crippen LogP contribution in [0.1, 0.15) is 19.8 Å². The zero-order chi connectivity index (χ0) is 10.1. The second-order valence-corrected chi connectivity index (χ2v) is 3.57. The Morgan fingerprint density at radius 2 is 2.31 bits per heavy atom. The molecule has 0 amide bonds. The number of esters is 1. The molecule has 0 unspecified atom stereocenters. The molecule has 3 heteroatoms. The number of allylic oxidation sites excluding steroid dienone is 1. The Balaban J connectivity index is 2.74. The van der Waals surface area contributed by atoms with Gasteiger partial charge in [-0.05, 0) is 19.3 Å². The van der Waals surface area contributed by atoms with E-state index < -0.39 is 5.41 Å². The molecule has 0 saturated heterocycles. The summed E-state index contributed by atoms with van der Waals surface area (Å²) in [6.07, 6.45) is 2.69. The van der Waals surface area contributed by atoms with Gasteiger partial charge >= 0.3 is 5.97 Å². The van der Waals surface area contributed by atoms with Crippen LogP contribution in [0.15, 0.2) is 12.7 Å². The number of rotatable bonds is 4. The number of carbonyl (C=O) groups excluding carboxylic acids is 2. The lowest BCUT2D eigenvalue weighted by Gasteiger charge is -2.11. The van der Waals surface area contributed by atoms with E-state index in [1.54, 1.807) is 6.08 Å². The van der Waals surface area contributed by atoms with Gasteiger partial charge in [0.05, 0.1) is 12.5 Å². The Kier molecular flexibility index (Phi) is 2.55. The molecule has 0 N–H and O–H groups in total. The summed E-state index contributed by atoms with van der Waals surface area (Å²) in [5, 5.41) is 0. The Labute approximate surface area is 77.8 Å². The van der Waals surface area contributed by atoms with Crippen LogP contribution in [0.25, 0.3) is 0 Å². The molecule has 0 aliphatic heterocycles. The van der Waals surface area contributed by atoms with Gasteiger partial charge in [-0.1, -0.05) is 6.08 Å². The Morgan fingerprint density at radius 3 is 2.62 bits per heavy atom. The molecule has 0 radical (unpaired) electrons. The molecule has 1 saturated carbocycles. The zero-order valence-electron chi connectivity index (χ0n) is 8.00. The topological polar surface area (TPSA) is 43.4 Å². The number of carbonyl (C=O) groups is 2. The van der Waals surface area contributed by atoms with Crippen molar-refractivity contribution in [3.8, 4) is 0 Å². The summed E-state index contributed by atoms with van der Waals surface area (Å²) >= 11 is 0. The van der Waals surface area contributed by atoms with Gasteiger partial charge in [0, 0.05) is 6.42 Å². The van der Waals surface area contributed by atoms with Crippen LogP contribution in [0.4, 0.5) is 0 Å². The molecule has 0 aromatic rings. The Morgan fingerprint density at radius 1 is 1.69 bits per heavy atom. The van der Waals surface area contributed by atoms with Crippen molar-refractivity contribution in [3.05, 3.63) is 12.7 Å². The van der Waals surface area contributed by atoms with Crippen LogP contribution in [0.3, 0.4) is 0 Å². The minimum absolute atomic E-state index is 0.0229. The molecular formula is C10H14O3. The van der Waals surface area contributed by atoms with Gasteiger partial charge in [0.1, 0.15) is 5.78 Å². The first-order valence-corrected chi connectivity index (χ1v) is 4.27. The van der Waals surface area contributed by atoms with E-state index >= 15 is 0 Å². The maximum atomic E-state index is 11.4. The largest absolute Gasteiger partial charge is 0.469 e. The fourth-order valence-corrected chi connectivity index (χ4v) is 1.80. The minimum Gasteiger partial charge on any atom is -0.469 e. The quantitative estimate of drug-likeness (QED) is 0.486. The van der Waals surface area contributed by atoms with Crippen molar-refractivity contribution in [2.24, 2.45) is 11.3 Å². The van der Waals surface area contributed by atoms with Gasteiger partial charge in [0.15, 0.2) is 0 Å². The molecule has 0 spiro atoms. The Hall–Kier alpha value is -1.12. The van der Waals surface area contributed by atoms with Gasteiger partial charge in [0.2, 0.25) is 0 Å². The first kappa shape index (κ1) is 9.96. The second kappa shape index (κ2) is 3.32. The summed E-state index contributed by atoms with van der Waals surface area (Å²) in [5.41, 5.74) is -0.581. The summed E-state index contributed by atoms with van der Waals surface area (Å²) < 4.78 is 4.67. The van der Waals surface area contributed by atoms with E-state index in [2.05, 4.69) is 11.3 Å². The molecule has 1 rings (SSSR count). The van der Waals surface area contributed by atoms with Crippen molar-refractivity contribution < 1.29 is 14.3 Å². The number of methoxy groups -OCH3 is 1. The van der Waals surface area contributed by atoms with E-state index in [0.717, 1.165) is 0 Å². The summed E-state index contributed by atoms with van der Waals surface area (Å²) in [5.74, 6) is -0.147. The number of hydrogen-bond donors (Lipinski definition) is 0. The average Bonchev–Trinajstić information content (AvgIpc) is 2.77. The third-order valence-corrected chi connectivity index (χ3v) is 2.57. The van der Waals surface area contributed by atoms with E-state index in [1.165, 1.54) is 14.0 Å². The van der Waals surface area contributed by atoms with Crippen molar-refractivity contribution >= 4 is 11.8 Å².